The van der Waals surface area contributed by atoms with Gasteiger partial charge in [-0.15, -0.1) is 0 Å². The van der Waals surface area contributed by atoms with Gasteiger partial charge < -0.3 is 15.7 Å². The Hall–Kier alpha value is -1.55. The summed E-state index contributed by atoms with van der Waals surface area (Å²) in [5.41, 5.74) is 7.98. The van der Waals surface area contributed by atoms with Gasteiger partial charge in [-0.3, -0.25) is 0 Å². The zero-order valence-electron chi connectivity index (χ0n) is 9.75. The molecule has 86 valence electrons. The van der Waals surface area contributed by atoms with Crippen LogP contribution < -0.4 is 5.73 Å². The number of hydrogen-bond donors (Lipinski definition) is 3. The normalized spacial score (nSPS) is 11.9. The summed E-state index contributed by atoms with van der Waals surface area (Å²) in [7, 11) is 0. The topological polar surface area (TPSA) is 70.5 Å². The summed E-state index contributed by atoms with van der Waals surface area (Å²) < 4.78 is 0. The number of H-pyrrole nitrogens is 2. The minimum Gasteiger partial charge on any atom is -0.367 e. The fourth-order valence-electron chi connectivity index (χ4n) is 1.57. The summed E-state index contributed by atoms with van der Waals surface area (Å²) in [5.74, 6) is 0.995. The number of imidazole rings is 1. The summed E-state index contributed by atoms with van der Waals surface area (Å²) in [6.45, 7) is 4.06. The van der Waals surface area contributed by atoms with Crippen LogP contribution in [0, 0.1) is 0 Å². The number of aromatic amines is 2. The van der Waals surface area contributed by atoms with Gasteiger partial charge in [-0.05, 0) is 26.3 Å². The van der Waals surface area contributed by atoms with Crippen molar-refractivity contribution < 1.29 is 0 Å². The number of hydrogen-bond acceptors (Lipinski definition) is 2. The Kier molecular flexibility index (Phi) is 2.83. The van der Waals surface area contributed by atoms with Crippen LogP contribution in [0.3, 0.4) is 0 Å². The van der Waals surface area contributed by atoms with Crippen LogP contribution in [0.1, 0.15) is 26.1 Å². The summed E-state index contributed by atoms with van der Waals surface area (Å²) in [5, 5.41) is 0. The Labute approximate surface area is 95.3 Å². The fraction of sp³-hybridized carbons (Fsp3) is 0.417. The van der Waals surface area contributed by atoms with E-state index in [2.05, 4.69) is 15.0 Å². The fourth-order valence-corrected chi connectivity index (χ4v) is 1.57. The van der Waals surface area contributed by atoms with Crippen molar-refractivity contribution in [2.24, 2.45) is 5.73 Å². The van der Waals surface area contributed by atoms with E-state index in [1.807, 2.05) is 38.5 Å². The predicted molar refractivity (Wildman–Crippen MR) is 65.0 cm³/mol. The van der Waals surface area contributed by atoms with Crippen molar-refractivity contribution in [1.29, 1.82) is 0 Å². The van der Waals surface area contributed by atoms with Gasteiger partial charge in [0.05, 0.1) is 11.9 Å². The maximum atomic E-state index is 5.94. The molecule has 4 heteroatoms. The van der Waals surface area contributed by atoms with Crippen molar-refractivity contribution in [1.82, 2.24) is 15.0 Å². The quantitative estimate of drug-likeness (QED) is 0.735. The zero-order valence-corrected chi connectivity index (χ0v) is 9.75. The van der Waals surface area contributed by atoms with Crippen LogP contribution in [0.2, 0.25) is 0 Å². The van der Waals surface area contributed by atoms with Gasteiger partial charge in [0.1, 0.15) is 5.82 Å². The second-order valence-corrected chi connectivity index (χ2v) is 4.83. The zero-order chi connectivity index (χ0) is 11.6. The van der Waals surface area contributed by atoms with Crippen molar-refractivity contribution >= 4 is 0 Å². The van der Waals surface area contributed by atoms with Gasteiger partial charge in [-0.25, -0.2) is 4.98 Å². The van der Waals surface area contributed by atoms with Crippen molar-refractivity contribution in [3.05, 3.63) is 30.5 Å². The molecule has 4 N–H and O–H groups in total. The maximum absolute atomic E-state index is 5.94. The van der Waals surface area contributed by atoms with Crippen LogP contribution in [-0.4, -0.2) is 20.5 Å². The van der Waals surface area contributed by atoms with E-state index in [4.69, 9.17) is 5.73 Å². The molecule has 0 aliphatic heterocycles. The second-order valence-electron chi connectivity index (χ2n) is 4.83. The Morgan fingerprint density at radius 1 is 1.44 bits per heavy atom. The molecule has 0 amide bonds. The minimum atomic E-state index is -0.138. The lowest BCUT2D eigenvalue weighted by atomic mass is 10.0. The molecule has 0 spiro atoms. The van der Waals surface area contributed by atoms with Crippen molar-refractivity contribution in [2.75, 3.05) is 0 Å². The standard InChI is InChI=1S/C12H18N4/c1-12(2,13)5-3-11-15-8-10(16-11)9-4-6-14-7-9/h4,6-8,14H,3,5,13H2,1-2H3,(H,15,16). The molecule has 0 fully saturated rings. The third-order valence-corrected chi connectivity index (χ3v) is 2.54. The van der Waals surface area contributed by atoms with Crippen LogP contribution in [0.5, 0.6) is 0 Å². The molecule has 16 heavy (non-hydrogen) atoms. The van der Waals surface area contributed by atoms with Crippen LogP contribution in [0.25, 0.3) is 11.3 Å². The highest BCUT2D eigenvalue weighted by atomic mass is 14.9. The molecule has 0 saturated carbocycles. The van der Waals surface area contributed by atoms with E-state index in [0.29, 0.717) is 0 Å². The molecule has 2 aromatic heterocycles. The molecule has 2 aromatic rings. The van der Waals surface area contributed by atoms with E-state index in [-0.39, 0.29) is 5.54 Å². The summed E-state index contributed by atoms with van der Waals surface area (Å²) in [4.78, 5) is 10.7. The highest BCUT2D eigenvalue weighted by Crippen LogP contribution is 2.17. The van der Waals surface area contributed by atoms with Crippen LogP contribution in [0.15, 0.2) is 24.7 Å². The van der Waals surface area contributed by atoms with Crippen molar-refractivity contribution in [3.8, 4) is 11.3 Å². The molecule has 0 saturated heterocycles. The van der Waals surface area contributed by atoms with Crippen molar-refractivity contribution in [2.45, 2.75) is 32.2 Å². The van der Waals surface area contributed by atoms with E-state index in [0.717, 1.165) is 29.9 Å². The van der Waals surface area contributed by atoms with E-state index in [9.17, 15) is 0 Å². The smallest absolute Gasteiger partial charge is 0.106 e. The Morgan fingerprint density at radius 3 is 2.88 bits per heavy atom. The molecule has 2 rings (SSSR count). The molecular formula is C12H18N4. The lowest BCUT2D eigenvalue weighted by Crippen LogP contribution is -2.32. The molecule has 0 aliphatic rings. The van der Waals surface area contributed by atoms with Crippen molar-refractivity contribution in [3.63, 3.8) is 0 Å². The van der Waals surface area contributed by atoms with Gasteiger partial charge in [-0.1, -0.05) is 0 Å². The number of aryl methyl sites for hydroxylation is 1. The third kappa shape index (κ3) is 2.73. The van der Waals surface area contributed by atoms with Gasteiger partial charge in [0, 0.05) is 29.9 Å². The highest BCUT2D eigenvalue weighted by molar-refractivity contribution is 5.57. The molecule has 0 bridgehead atoms. The number of aromatic nitrogens is 3. The van der Waals surface area contributed by atoms with Gasteiger partial charge in [0.25, 0.3) is 0 Å². The summed E-state index contributed by atoms with van der Waals surface area (Å²) in [6, 6.07) is 2.02. The first-order valence-corrected chi connectivity index (χ1v) is 5.50. The van der Waals surface area contributed by atoms with Gasteiger partial charge >= 0.3 is 0 Å². The van der Waals surface area contributed by atoms with Gasteiger partial charge in [-0.2, -0.15) is 0 Å². The molecule has 0 unspecified atom stereocenters. The molecular weight excluding hydrogens is 200 g/mol. The monoisotopic (exact) mass is 218 g/mol. The number of nitrogens with zero attached hydrogens (tertiary/aromatic N) is 1. The minimum absolute atomic E-state index is 0.138. The molecule has 0 aromatic carbocycles. The molecule has 0 aliphatic carbocycles. The van der Waals surface area contributed by atoms with E-state index in [1.165, 1.54) is 0 Å². The first-order valence-electron chi connectivity index (χ1n) is 5.50. The lowest BCUT2D eigenvalue weighted by molar-refractivity contribution is 0.472. The number of rotatable bonds is 4. The third-order valence-electron chi connectivity index (χ3n) is 2.54. The average Bonchev–Trinajstić information content (AvgIpc) is 2.84. The highest BCUT2D eigenvalue weighted by Gasteiger charge is 2.12. The Bertz CT molecular complexity index is 434. The second kappa shape index (κ2) is 4.14. The van der Waals surface area contributed by atoms with Gasteiger partial charge in [0.15, 0.2) is 0 Å². The molecule has 4 nitrogen and oxygen atoms in total. The predicted octanol–water partition coefficient (Wildman–Crippen LogP) is 2.07. The van der Waals surface area contributed by atoms with Crippen LogP contribution in [-0.2, 0) is 6.42 Å². The largest absolute Gasteiger partial charge is 0.367 e. The maximum Gasteiger partial charge on any atom is 0.106 e. The summed E-state index contributed by atoms with van der Waals surface area (Å²) >= 11 is 0. The Balaban J connectivity index is 2.03. The Morgan fingerprint density at radius 2 is 2.25 bits per heavy atom. The SMILES string of the molecule is CC(C)(N)CCc1ncc(-c2cc[nH]c2)[nH]1. The first-order chi connectivity index (χ1) is 7.54. The van der Waals surface area contributed by atoms with E-state index in [1.54, 1.807) is 0 Å². The van der Waals surface area contributed by atoms with Crippen LogP contribution >= 0.6 is 0 Å². The lowest BCUT2D eigenvalue weighted by Gasteiger charge is -2.16. The van der Waals surface area contributed by atoms with Crippen LogP contribution in [0.4, 0.5) is 0 Å². The average molecular weight is 218 g/mol. The van der Waals surface area contributed by atoms with Gasteiger partial charge in [0.2, 0.25) is 0 Å². The number of nitrogens with two attached hydrogens (primary N) is 1. The number of nitrogens with one attached hydrogen (secondary N) is 2. The molecule has 0 radical (unpaired) electrons. The molecule has 2 heterocycles. The van der Waals surface area contributed by atoms with E-state index < -0.39 is 0 Å². The summed E-state index contributed by atoms with van der Waals surface area (Å²) in [6.07, 6.45) is 7.52. The first kappa shape index (κ1) is 11.0. The molecule has 0 atom stereocenters. The van der Waals surface area contributed by atoms with E-state index >= 15 is 0 Å².